The van der Waals surface area contributed by atoms with E-state index in [4.69, 9.17) is 9.84 Å². The van der Waals surface area contributed by atoms with Gasteiger partial charge in [0.05, 0.1) is 13.2 Å². The van der Waals surface area contributed by atoms with Crippen LogP contribution in [0, 0.1) is 0 Å². The van der Waals surface area contributed by atoms with Crippen LogP contribution in [0.25, 0.3) is 0 Å². The summed E-state index contributed by atoms with van der Waals surface area (Å²) >= 11 is 0. The number of ether oxygens (including phenoxy) is 1. The first kappa shape index (κ1) is 14.4. The van der Waals surface area contributed by atoms with E-state index in [9.17, 15) is 0 Å². The van der Waals surface area contributed by atoms with Crippen LogP contribution in [0.3, 0.4) is 0 Å². The summed E-state index contributed by atoms with van der Waals surface area (Å²) in [4.78, 5) is 0. The van der Waals surface area contributed by atoms with Gasteiger partial charge >= 0.3 is 0 Å². The van der Waals surface area contributed by atoms with Gasteiger partial charge in [-0.15, -0.1) is 0 Å². The van der Waals surface area contributed by atoms with E-state index in [1.165, 1.54) is 18.6 Å². The first-order valence-electron chi connectivity index (χ1n) is 6.36. The van der Waals surface area contributed by atoms with Crippen LogP contribution in [0.15, 0.2) is 0 Å². The predicted octanol–water partition coefficient (Wildman–Crippen LogP) is 2.11. The molecule has 0 atom stereocenters. The predicted molar refractivity (Wildman–Crippen MR) is 73.8 cm³/mol. The van der Waals surface area contributed by atoms with Crippen LogP contribution in [0.1, 0.15) is 6.42 Å². The highest BCUT2D eigenvalue weighted by atomic mass is 28.4. The molecule has 0 spiro atoms. The highest BCUT2D eigenvalue weighted by Gasteiger charge is 2.46. The van der Waals surface area contributed by atoms with Crippen molar-refractivity contribution < 1.29 is 9.84 Å². The molecule has 1 aliphatic rings. The molecule has 0 unspecified atom stereocenters. The Hall–Kier alpha value is 0.314. The van der Waals surface area contributed by atoms with Gasteiger partial charge in [-0.2, -0.15) is 0 Å². The molecule has 1 N–H and O–H groups in total. The Morgan fingerprint density at radius 2 is 1.62 bits per heavy atom. The Labute approximate surface area is 102 Å². The Morgan fingerprint density at radius 1 is 1.06 bits per heavy atom. The number of hydrogen-bond acceptors (Lipinski definition) is 3. The molecule has 1 saturated heterocycles. The summed E-state index contributed by atoms with van der Waals surface area (Å²) in [6, 6.07) is 2.95. The van der Waals surface area contributed by atoms with E-state index < -0.39 is 16.5 Å². The molecule has 0 aromatic carbocycles. The average molecular weight is 262 g/mol. The third-order valence-electron chi connectivity index (χ3n) is 3.72. The maximum Gasteiger partial charge on any atom is 0.115 e. The number of hydrogen-bond donors (Lipinski definition) is 1. The lowest BCUT2D eigenvalue weighted by molar-refractivity contribution is 0.0897. The summed E-state index contributed by atoms with van der Waals surface area (Å²) in [5.41, 5.74) is 0. The summed E-state index contributed by atoms with van der Waals surface area (Å²) in [7, 11) is -2.17. The Morgan fingerprint density at radius 3 is 2.12 bits per heavy atom. The Balaban J connectivity index is 2.33. The molecule has 1 heterocycles. The highest BCUT2D eigenvalue weighted by Crippen LogP contribution is 2.36. The third-order valence-corrected chi connectivity index (χ3v) is 14.2. The molecule has 0 bridgehead atoms. The van der Waals surface area contributed by atoms with E-state index in [-0.39, 0.29) is 6.61 Å². The number of rotatable bonds is 6. The normalized spacial score (nSPS) is 23.8. The average Bonchev–Trinajstić information content (AvgIpc) is 2.39. The standard InChI is InChI=1S/C11H27NO2Si2/c1-15(2)10-11-16(3,4)12(15)6-5-8-14-9-7-13/h13H,5-11H2,1-4H3. The second-order valence-electron chi connectivity index (χ2n) is 5.97. The minimum atomic E-state index is -1.08. The highest BCUT2D eigenvalue weighted by molar-refractivity contribution is 6.95. The summed E-state index contributed by atoms with van der Waals surface area (Å²) < 4.78 is 8.21. The SMILES string of the molecule is C[Si]1(C)CC[Si](C)(C)N1CCCOCCO. The van der Waals surface area contributed by atoms with Crippen molar-refractivity contribution in [2.75, 3.05) is 26.4 Å². The van der Waals surface area contributed by atoms with Gasteiger partial charge in [0, 0.05) is 6.61 Å². The molecule has 1 fully saturated rings. The van der Waals surface area contributed by atoms with Crippen LogP contribution in [-0.2, 0) is 4.74 Å². The van der Waals surface area contributed by atoms with Gasteiger partial charge in [0.25, 0.3) is 0 Å². The number of aliphatic hydroxyl groups is 1. The third kappa shape index (κ3) is 3.66. The molecule has 3 nitrogen and oxygen atoms in total. The number of nitrogens with zero attached hydrogens (tertiary/aromatic N) is 1. The first-order valence-corrected chi connectivity index (χ1v) is 12.7. The molecule has 16 heavy (non-hydrogen) atoms. The summed E-state index contributed by atoms with van der Waals surface area (Å²) in [5, 5.41) is 8.62. The summed E-state index contributed by atoms with van der Waals surface area (Å²) in [6.07, 6.45) is 1.12. The maximum atomic E-state index is 8.62. The van der Waals surface area contributed by atoms with Gasteiger partial charge in [0.15, 0.2) is 0 Å². The van der Waals surface area contributed by atoms with Crippen LogP contribution in [0.2, 0.25) is 38.3 Å². The lowest BCUT2D eigenvalue weighted by atomic mass is 10.5. The van der Waals surface area contributed by atoms with E-state index in [1.54, 1.807) is 0 Å². The van der Waals surface area contributed by atoms with Crippen molar-refractivity contribution in [2.45, 2.75) is 44.7 Å². The van der Waals surface area contributed by atoms with E-state index in [0.29, 0.717) is 6.61 Å². The van der Waals surface area contributed by atoms with Crippen LogP contribution in [-0.4, -0.2) is 52.2 Å². The van der Waals surface area contributed by atoms with Gasteiger partial charge in [-0.25, -0.2) is 0 Å². The zero-order valence-corrected chi connectivity index (χ0v) is 13.3. The lowest BCUT2D eigenvalue weighted by Gasteiger charge is -2.38. The van der Waals surface area contributed by atoms with Gasteiger partial charge in [-0.05, 0) is 25.1 Å². The smallest absolute Gasteiger partial charge is 0.115 e. The molecular formula is C11H27NO2Si2. The first-order chi connectivity index (χ1) is 7.40. The molecule has 0 aromatic heterocycles. The van der Waals surface area contributed by atoms with Crippen LogP contribution < -0.4 is 0 Å². The topological polar surface area (TPSA) is 32.7 Å². The van der Waals surface area contributed by atoms with E-state index in [0.717, 1.165) is 13.0 Å². The zero-order valence-electron chi connectivity index (χ0n) is 11.3. The zero-order chi connectivity index (χ0) is 12.2. The molecule has 96 valence electrons. The van der Waals surface area contributed by atoms with Crippen molar-refractivity contribution >= 4 is 16.5 Å². The van der Waals surface area contributed by atoms with Gasteiger partial charge in [-0.1, -0.05) is 26.2 Å². The van der Waals surface area contributed by atoms with Gasteiger partial charge < -0.3 is 14.1 Å². The van der Waals surface area contributed by atoms with Gasteiger partial charge in [0.2, 0.25) is 0 Å². The lowest BCUT2D eigenvalue weighted by Crippen LogP contribution is -2.55. The van der Waals surface area contributed by atoms with Crippen molar-refractivity contribution in [3.63, 3.8) is 0 Å². The van der Waals surface area contributed by atoms with E-state index in [1.807, 2.05) is 0 Å². The second kappa shape index (κ2) is 5.77. The maximum absolute atomic E-state index is 8.62. The summed E-state index contributed by atoms with van der Waals surface area (Å²) in [5.74, 6) is 0. The number of aliphatic hydroxyl groups excluding tert-OH is 1. The fourth-order valence-corrected chi connectivity index (χ4v) is 17.0. The largest absolute Gasteiger partial charge is 0.394 e. The Kier molecular flexibility index (Phi) is 5.19. The molecule has 0 aromatic rings. The van der Waals surface area contributed by atoms with E-state index in [2.05, 4.69) is 30.4 Å². The van der Waals surface area contributed by atoms with Crippen molar-refractivity contribution in [2.24, 2.45) is 0 Å². The van der Waals surface area contributed by atoms with Crippen molar-refractivity contribution in [1.82, 2.24) is 4.23 Å². The second-order valence-corrected chi connectivity index (χ2v) is 15.7. The fourth-order valence-electron chi connectivity index (χ4n) is 2.80. The summed E-state index contributed by atoms with van der Waals surface area (Å²) in [6.45, 7) is 12.7. The van der Waals surface area contributed by atoms with Crippen molar-refractivity contribution in [1.29, 1.82) is 0 Å². The molecule has 0 aliphatic carbocycles. The molecule has 0 radical (unpaired) electrons. The molecule has 1 rings (SSSR count). The van der Waals surface area contributed by atoms with Crippen LogP contribution >= 0.6 is 0 Å². The van der Waals surface area contributed by atoms with Crippen molar-refractivity contribution in [3.8, 4) is 0 Å². The molecule has 0 saturated carbocycles. The van der Waals surface area contributed by atoms with Crippen molar-refractivity contribution in [3.05, 3.63) is 0 Å². The Bertz CT molecular complexity index is 206. The molecule has 0 amide bonds. The minimum Gasteiger partial charge on any atom is -0.394 e. The quantitative estimate of drug-likeness (QED) is 0.587. The minimum absolute atomic E-state index is 0.143. The van der Waals surface area contributed by atoms with Crippen LogP contribution in [0.4, 0.5) is 0 Å². The van der Waals surface area contributed by atoms with Gasteiger partial charge in [0.1, 0.15) is 16.5 Å². The van der Waals surface area contributed by atoms with Crippen LogP contribution in [0.5, 0.6) is 0 Å². The monoisotopic (exact) mass is 261 g/mol. The molecule has 5 heteroatoms. The fraction of sp³-hybridized carbons (Fsp3) is 1.00. The molecule has 1 aliphatic heterocycles. The van der Waals surface area contributed by atoms with E-state index >= 15 is 0 Å². The molecular weight excluding hydrogens is 234 g/mol. The van der Waals surface area contributed by atoms with Gasteiger partial charge in [-0.3, -0.25) is 0 Å².